The van der Waals surface area contributed by atoms with Crippen LogP contribution in [-0.4, -0.2) is 50.4 Å². The maximum Gasteiger partial charge on any atom is 0.323 e. The van der Waals surface area contributed by atoms with Gasteiger partial charge in [-0.3, -0.25) is 29.0 Å². The number of halogens is 1. The van der Waals surface area contributed by atoms with Gasteiger partial charge in [0.25, 0.3) is 0 Å². The molecule has 3 amide bonds. The Morgan fingerprint density at radius 3 is 2.52 bits per heavy atom. The Morgan fingerprint density at radius 2 is 1.90 bits per heavy atom. The molecule has 2 aromatic rings. The van der Waals surface area contributed by atoms with Crippen LogP contribution in [-0.2, 0) is 36.6 Å². The molecule has 10 nitrogen and oxygen atoms in total. The third kappa shape index (κ3) is 3.18. The van der Waals surface area contributed by atoms with Crippen LogP contribution in [0, 0.1) is 0 Å². The fourth-order valence-corrected chi connectivity index (χ4v) is 4.05. The lowest BCUT2D eigenvalue weighted by atomic mass is 9.80. The molecule has 4 rings (SSSR count). The minimum Gasteiger partial charge on any atom is -0.480 e. The number of amides is 3. The van der Waals surface area contributed by atoms with Crippen molar-refractivity contribution in [2.24, 2.45) is 0 Å². The number of carbonyl (C=O) groups is 4. The van der Waals surface area contributed by atoms with Crippen LogP contribution in [0.2, 0.25) is 5.02 Å². The van der Waals surface area contributed by atoms with Crippen molar-refractivity contribution in [3.63, 3.8) is 0 Å². The molecule has 1 N–H and O–H groups in total. The van der Waals surface area contributed by atoms with Gasteiger partial charge in [0.15, 0.2) is 11.2 Å². The number of carbonyl (C=O) groups excluding carboxylic acids is 3. The molecule has 2 aliphatic rings. The highest BCUT2D eigenvalue weighted by Crippen LogP contribution is 2.49. The molecule has 1 unspecified atom stereocenters. The van der Waals surface area contributed by atoms with E-state index in [1.165, 1.54) is 18.2 Å². The van der Waals surface area contributed by atoms with Crippen molar-refractivity contribution in [1.82, 2.24) is 15.0 Å². The monoisotopic (exact) mass is 446 g/mol. The number of hydrogen-bond donors (Lipinski definition) is 1. The first-order chi connectivity index (χ1) is 14.4. The van der Waals surface area contributed by atoms with Crippen molar-refractivity contribution >= 4 is 41.0 Å². The summed E-state index contributed by atoms with van der Waals surface area (Å²) < 4.78 is 5.21. The summed E-state index contributed by atoms with van der Waals surface area (Å²) in [5.74, 6) is -2.90. The lowest BCUT2D eigenvalue weighted by Crippen LogP contribution is -2.47. The van der Waals surface area contributed by atoms with Gasteiger partial charge in [-0.25, -0.2) is 0 Å². The number of benzene rings is 1. The third-order valence-electron chi connectivity index (χ3n) is 5.35. The van der Waals surface area contributed by atoms with E-state index in [1.54, 1.807) is 0 Å². The van der Waals surface area contributed by atoms with E-state index in [2.05, 4.69) is 10.1 Å². The first-order valence-corrected chi connectivity index (χ1v) is 9.84. The summed E-state index contributed by atoms with van der Waals surface area (Å²) in [6, 6.07) is 4.40. The smallest absolute Gasteiger partial charge is 0.323 e. The second-order valence-corrected chi connectivity index (χ2v) is 9.02. The van der Waals surface area contributed by atoms with Crippen LogP contribution in [0.25, 0.3) is 0 Å². The second kappa shape index (κ2) is 6.88. The largest absolute Gasteiger partial charge is 0.480 e. The SMILES string of the molecule is CC(C)(C)c1nc(CN2C(=O)CC3(C2=O)C(=O)N(CC(=O)O)c2ccc(Cl)cc23)no1. The van der Waals surface area contributed by atoms with Crippen LogP contribution in [0.3, 0.4) is 0 Å². The first-order valence-electron chi connectivity index (χ1n) is 9.47. The van der Waals surface area contributed by atoms with Crippen molar-refractivity contribution in [3.05, 3.63) is 40.5 Å². The van der Waals surface area contributed by atoms with E-state index in [4.69, 9.17) is 16.1 Å². The summed E-state index contributed by atoms with van der Waals surface area (Å²) in [6.45, 7) is 4.72. The van der Waals surface area contributed by atoms with Gasteiger partial charge in [0.05, 0.1) is 13.0 Å². The van der Waals surface area contributed by atoms with E-state index in [0.29, 0.717) is 5.89 Å². The third-order valence-corrected chi connectivity index (χ3v) is 5.58. The Bertz CT molecular complexity index is 1140. The number of fused-ring (bicyclic) bond motifs is 2. The topological polar surface area (TPSA) is 134 Å². The van der Waals surface area contributed by atoms with E-state index in [9.17, 15) is 24.3 Å². The van der Waals surface area contributed by atoms with E-state index in [1.807, 2.05) is 20.8 Å². The van der Waals surface area contributed by atoms with Gasteiger partial charge in [0.2, 0.25) is 23.6 Å². The Hall–Kier alpha value is -3.27. The van der Waals surface area contributed by atoms with Crippen molar-refractivity contribution in [2.75, 3.05) is 11.4 Å². The fraction of sp³-hybridized carbons (Fsp3) is 0.400. The summed E-state index contributed by atoms with van der Waals surface area (Å²) in [5.41, 5.74) is -1.81. The molecule has 31 heavy (non-hydrogen) atoms. The maximum absolute atomic E-state index is 13.4. The molecule has 0 aliphatic carbocycles. The number of nitrogens with zero attached hydrogens (tertiary/aromatic N) is 4. The normalized spacial score (nSPS) is 20.8. The van der Waals surface area contributed by atoms with Crippen LogP contribution in [0.1, 0.15) is 44.5 Å². The molecule has 0 radical (unpaired) electrons. The number of hydrogen-bond acceptors (Lipinski definition) is 7. The van der Waals surface area contributed by atoms with Crippen LogP contribution >= 0.6 is 11.6 Å². The van der Waals surface area contributed by atoms with E-state index in [0.717, 1.165) is 9.80 Å². The number of anilines is 1. The zero-order chi connectivity index (χ0) is 22.7. The number of likely N-dealkylation sites (tertiary alicyclic amines) is 1. The predicted octanol–water partition coefficient (Wildman–Crippen LogP) is 1.65. The van der Waals surface area contributed by atoms with E-state index < -0.39 is 47.5 Å². The summed E-state index contributed by atoms with van der Waals surface area (Å²) in [5, 5.41) is 13.3. The number of carboxylic acid groups (broad SMARTS) is 1. The second-order valence-electron chi connectivity index (χ2n) is 8.58. The zero-order valence-corrected chi connectivity index (χ0v) is 17.8. The molecule has 11 heteroatoms. The van der Waals surface area contributed by atoms with Gasteiger partial charge in [-0.1, -0.05) is 37.5 Å². The van der Waals surface area contributed by atoms with Crippen molar-refractivity contribution in [3.8, 4) is 0 Å². The summed E-state index contributed by atoms with van der Waals surface area (Å²) in [4.78, 5) is 57.0. The molecule has 1 aromatic carbocycles. The summed E-state index contributed by atoms with van der Waals surface area (Å²) >= 11 is 6.09. The highest BCUT2D eigenvalue weighted by molar-refractivity contribution is 6.32. The highest BCUT2D eigenvalue weighted by Gasteiger charge is 2.64. The molecular formula is C20H19ClN4O6. The van der Waals surface area contributed by atoms with Crippen LogP contribution < -0.4 is 4.90 Å². The van der Waals surface area contributed by atoms with Crippen molar-refractivity contribution < 1.29 is 28.8 Å². The van der Waals surface area contributed by atoms with Gasteiger partial charge in [-0.05, 0) is 18.2 Å². The highest BCUT2D eigenvalue weighted by atomic mass is 35.5. The van der Waals surface area contributed by atoms with Gasteiger partial charge in [-0.15, -0.1) is 0 Å². The molecule has 3 heterocycles. The minimum atomic E-state index is -1.86. The predicted molar refractivity (Wildman–Crippen MR) is 106 cm³/mol. The lowest BCUT2D eigenvalue weighted by Gasteiger charge is -2.21. The average molecular weight is 447 g/mol. The summed E-state index contributed by atoms with van der Waals surface area (Å²) in [7, 11) is 0. The molecule has 1 spiro atoms. The zero-order valence-electron chi connectivity index (χ0n) is 17.0. The van der Waals surface area contributed by atoms with Crippen LogP contribution in [0.4, 0.5) is 5.69 Å². The molecule has 0 saturated carbocycles. The quantitative estimate of drug-likeness (QED) is 0.553. The van der Waals surface area contributed by atoms with Crippen molar-refractivity contribution in [2.45, 2.75) is 44.6 Å². The van der Waals surface area contributed by atoms with Crippen LogP contribution in [0.15, 0.2) is 22.7 Å². The lowest BCUT2D eigenvalue weighted by molar-refractivity contribution is -0.143. The fourth-order valence-electron chi connectivity index (χ4n) is 3.88. The van der Waals surface area contributed by atoms with Crippen LogP contribution in [0.5, 0.6) is 0 Å². The number of rotatable bonds is 4. The van der Waals surface area contributed by atoms with Gasteiger partial charge in [0, 0.05) is 21.7 Å². The number of aromatic nitrogens is 2. The maximum atomic E-state index is 13.4. The molecule has 1 saturated heterocycles. The van der Waals surface area contributed by atoms with E-state index in [-0.39, 0.29) is 28.6 Å². The summed E-state index contributed by atoms with van der Waals surface area (Å²) in [6.07, 6.45) is -0.432. The average Bonchev–Trinajstić information content (AvgIpc) is 3.30. The van der Waals surface area contributed by atoms with Crippen molar-refractivity contribution in [1.29, 1.82) is 0 Å². The molecule has 1 fully saturated rings. The Kier molecular flexibility index (Phi) is 4.65. The standard InChI is InChI=1S/C20H19ClN4O6/c1-19(2,3)16-22-13(23-31-16)8-25-14(26)7-20(18(25)30)11-6-10(21)4-5-12(11)24(17(20)29)9-15(27)28/h4-6H,7-9H2,1-3H3,(H,27,28). The molecule has 2 aliphatic heterocycles. The van der Waals surface area contributed by atoms with E-state index >= 15 is 0 Å². The molecule has 162 valence electrons. The Morgan fingerprint density at radius 1 is 1.23 bits per heavy atom. The Labute approximate surface area is 181 Å². The van der Waals surface area contributed by atoms with Gasteiger partial charge < -0.3 is 9.63 Å². The molecule has 1 aromatic heterocycles. The molecular weight excluding hydrogens is 428 g/mol. The number of imide groups is 1. The van der Waals surface area contributed by atoms with Gasteiger partial charge in [0.1, 0.15) is 6.54 Å². The van der Waals surface area contributed by atoms with Gasteiger partial charge in [-0.2, -0.15) is 4.98 Å². The minimum absolute atomic E-state index is 0.128. The molecule has 0 bridgehead atoms. The first kappa shape index (κ1) is 21.0. The molecule has 1 atom stereocenters. The van der Waals surface area contributed by atoms with Gasteiger partial charge >= 0.3 is 5.97 Å². The number of carboxylic acids is 1. The number of aliphatic carboxylic acids is 1. The Balaban J connectivity index is 1.73.